The molecule has 1 rings (SSSR count). The normalized spacial score (nSPS) is 10.8. The van der Waals surface area contributed by atoms with Crippen molar-refractivity contribution in [3.8, 4) is 0 Å². The molecule has 0 bridgehead atoms. The maximum absolute atomic E-state index is 12.6. The first kappa shape index (κ1) is 9.31. The van der Waals surface area contributed by atoms with Crippen LogP contribution in [0.2, 0.25) is 0 Å². The molecular weight excluding hydrogens is 237 g/mol. The van der Waals surface area contributed by atoms with E-state index < -0.39 is 17.9 Å². The van der Waals surface area contributed by atoms with Gasteiger partial charge in [0.15, 0.2) is 5.82 Å². The average molecular weight is 241 g/mol. The number of pyridine rings is 1. The first-order valence-corrected chi connectivity index (χ1v) is 3.71. The van der Waals surface area contributed by atoms with E-state index in [1.54, 1.807) is 0 Å². The van der Waals surface area contributed by atoms with Crippen molar-refractivity contribution < 1.29 is 13.2 Å². The molecule has 0 unspecified atom stereocenters. The van der Waals surface area contributed by atoms with Gasteiger partial charge in [0.1, 0.15) is 5.69 Å². The molecule has 0 aliphatic rings. The van der Waals surface area contributed by atoms with Crippen molar-refractivity contribution in [3.05, 3.63) is 22.2 Å². The third-order valence-electron chi connectivity index (χ3n) is 1.25. The van der Waals surface area contributed by atoms with Crippen LogP contribution in [0.4, 0.5) is 18.9 Å². The summed E-state index contributed by atoms with van der Waals surface area (Å²) in [6.45, 7) is 0. The molecule has 0 spiro atoms. The van der Waals surface area contributed by atoms with Gasteiger partial charge >= 0.3 is 0 Å². The van der Waals surface area contributed by atoms with Crippen molar-refractivity contribution in [1.29, 1.82) is 0 Å². The Labute approximate surface area is 74.7 Å². The van der Waals surface area contributed by atoms with E-state index in [0.29, 0.717) is 6.20 Å². The molecule has 0 amide bonds. The van der Waals surface area contributed by atoms with Crippen molar-refractivity contribution >= 4 is 21.6 Å². The Morgan fingerprint density at radius 2 is 2.08 bits per heavy atom. The zero-order valence-electron chi connectivity index (χ0n) is 5.69. The molecule has 0 fully saturated rings. The lowest BCUT2D eigenvalue weighted by atomic mass is 10.3. The molecule has 2 N–H and O–H groups in total. The van der Waals surface area contributed by atoms with Crippen molar-refractivity contribution in [1.82, 2.24) is 4.98 Å². The summed E-state index contributed by atoms with van der Waals surface area (Å²) >= 11 is 2.72. The van der Waals surface area contributed by atoms with E-state index in [0.717, 1.165) is 0 Å². The molecule has 1 aromatic rings. The Bertz CT molecular complexity index is 303. The van der Waals surface area contributed by atoms with Gasteiger partial charge in [0, 0.05) is 0 Å². The summed E-state index contributed by atoms with van der Waals surface area (Å²) in [5.41, 5.74) is 4.19. The van der Waals surface area contributed by atoms with Crippen LogP contribution in [0.25, 0.3) is 0 Å². The summed E-state index contributed by atoms with van der Waals surface area (Å²) in [6.07, 6.45) is -2.09. The van der Waals surface area contributed by atoms with Gasteiger partial charge in [0.2, 0.25) is 0 Å². The van der Waals surface area contributed by atoms with Crippen LogP contribution < -0.4 is 5.73 Å². The molecule has 0 aromatic carbocycles. The zero-order chi connectivity index (χ0) is 9.30. The van der Waals surface area contributed by atoms with E-state index in [2.05, 4.69) is 20.9 Å². The van der Waals surface area contributed by atoms with Crippen LogP contribution >= 0.6 is 15.9 Å². The van der Waals surface area contributed by atoms with Gasteiger partial charge in [-0.3, -0.25) is 0 Å². The second kappa shape index (κ2) is 3.30. The fraction of sp³-hybridized carbons (Fsp3) is 0.167. The Kier molecular flexibility index (Phi) is 2.56. The van der Waals surface area contributed by atoms with Crippen molar-refractivity contribution in [2.24, 2.45) is 0 Å². The van der Waals surface area contributed by atoms with Gasteiger partial charge in [0.05, 0.1) is 16.4 Å². The summed E-state index contributed by atoms with van der Waals surface area (Å²) in [4.78, 5) is 3.16. The van der Waals surface area contributed by atoms with Gasteiger partial charge in [0.25, 0.3) is 6.43 Å². The van der Waals surface area contributed by atoms with Crippen LogP contribution in [0.3, 0.4) is 0 Å². The molecule has 0 atom stereocenters. The number of aromatic nitrogens is 1. The molecule has 0 radical (unpaired) electrons. The van der Waals surface area contributed by atoms with Gasteiger partial charge in [-0.05, 0) is 15.9 Å². The minimum atomic E-state index is -2.79. The summed E-state index contributed by atoms with van der Waals surface area (Å²) in [5, 5.41) is 0. The highest BCUT2D eigenvalue weighted by atomic mass is 79.9. The van der Waals surface area contributed by atoms with Crippen LogP contribution in [0.1, 0.15) is 12.1 Å². The van der Waals surface area contributed by atoms with E-state index in [1.807, 2.05) is 0 Å². The molecule has 1 aromatic heterocycles. The van der Waals surface area contributed by atoms with Crippen LogP contribution in [0, 0.1) is 5.82 Å². The smallest absolute Gasteiger partial charge is 0.282 e. The van der Waals surface area contributed by atoms with Gasteiger partial charge in [-0.1, -0.05) is 0 Å². The first-order chi connectivity index (χ1) is 5.54. The van der Waals surface area contributed by atoms with Gasteiger partial charge in [-0.2, -0.15) is 0 Å². The van der Waals surface area contributed by atoms with E-state index >= 15 is 0 Å². The fourth-order valence-corrected chi connectivity index (χ4v) is 0.973. The topological polar surface area (TPSA) is 38.9 Å². The quantitative estimate of drug-likeness (QED) is 0.820. The van der Waals surface area contributed by atoms with Crippen LogP contribution in [-0.2, 0) is 0 Å². The second-order valence-corrected chi connectivity index (χ2v) is 2.81. The predicted molar refractivity (Wildman–Crippen MR) is 41.3 cm³/mol. The van der Waals surface area contributed by atoms with Gasteiger partial charge < -0.3 is 5.73 Å². The number of nitrogen functional groups attached to an aromatic ring is 1. The minimum Gasteiger partial charge on any atom is -0.396 e. The highest BCUT2D eigenvalue weighted by Crippen LogP contribution is 2.30. The van der Waals surface area contributed by atoms with Crippen molar-refractivity contribution in [2.75, 3.05) is 5.73 Å². The van der Waals surface area contributed by atoms with Crippen LogP contribution in [-0.4, -0.2) is 4.98 Å². The lowest BCUT2D eigenvalue weighted by molar-refractivity contribution is 0.147. The predicted octanol–water partition coefficient (Wildman–Crippen LogP) is 2.50. The van der Waals surface area contributed by atoms with E-state index in [9.17, 15) is 13.2 Å². The molecule has 0 aliphatic carbocycles. The molecule has 0 saturated carbocycles. The SMILES string of the molecule is Nc1c(C(F)F)ncc(F)c1Br. The Morgan fingerprint density at radius 3 is 2.58 bits per heavy atom. The lowest BCUT2D eigenvalue weighted by Gasteiger charge is -2.04. The number of anilines is 1. The third kappa shape index (κ3) is 1.52. The molecular formula is C6H4BrF3N2. The highest BCUT2D eigenvalue weighted by molar-refractivity contribution is 9.10. The summed E-state index contributed by atoms with van der Waals surface area (Å²) in [6, 6.07) is 0. The fourth-order valence-electron chi connectivity index (χ4n) is 0.667. The van der Waals surface area contributed by atoms with Gasteiger partial charge in [-0.25, -0.2) is 18.2 Å². The van der Waals surface area contributed by atoms with E-state index in [4.69, 9.17) is 5.73 Å². The van der Waals surface area contributed by atoms with Gasteiger partial charge in [-0.15, -0.1) is 0 Å². The maximum Gasteiger partial charge on any atom is 0.282 e. The molecule has 1 heterocycles. The third-order valence-corrected chi connectivity index (χ3v) is 2.05. The van der Waals surface area contributed by atoms with Crippen molar-refractivity contribution in [3.63, 3.8) is 0 Å². The highest BCUT2D eigenvalue weighted by Gasteiger charge is 2.17. The standard InChI is InChI=1S/C6H4BrF3N2/c7-3-2(8)1-12-5(4(3)11)6(9)10/h1,6H,11H2. The zero-order valence-corrected chi connectivity index (χ0v) is 7.28. The minimum absolute atomic E-state index is 0.173. The molecule has 66 valence electrons. The maximum atomic E-state index is 12.6. The van der Waals surface area contributed by atoms with Crippen LogP contribution in [0.5, 0.6) is 0 Å². The number of nitrogens with zero attached hydrogens (tertiary/aromatic N) is 1. The number of halogens is 4. The average Bonchev–Trinajstić information content (AvgIpc) is 2.00. The number of hydrogen-bond donors (Lipinski definition) is 1. The lowest BCUT2D eigenvalue weighted by Crippen LogP contribution is -2.01. The first-order valence-electron chi connectivity index (χ1n) is 2.91. The van der Waals surface area contributed by atoms with Crippen LogP contribution in [0.15, 0.2) is 10.7 Å². The molecule has 2 nitrogen and oxygen atoms in total. The Balaban J connectivity index is 3.27. The number of alkyl halides is 2. The largest absolute Gasteiger partial charge is 0.396 e. The molecule has 0 aliphatic heterocycles. The van der Waals surface area contributed by atoms with Crippen molar-refractivity contribution in [2.45, 2.75) is 6.43 Å². The number of hydrogen-bond acceptors (Lipinski definition) is 2. The summed E-state index contributed by atoms with van der Waals surface area (Å²) in [7, 11) is 0. The van der Waals surface area contributed by atoms with E-state index in [1.165, 1.54) is 0 Å². The molecule has 6 heteroatoms. The molecule has 12 heavy (non-hydrogen) atoms. The number of nitrogens with two attached hydrogens (primary N) is 1. The Morgan fingerprint density at radius 1 is 1.50 bits per heavy atom. The number of rotatable bonds is 1. The second-order valence-electron chi connectivity index (χ2n) is 2.02. The summed E-state index contributed by atoms with van der Waals surface area (Å²) in [5.74, 6) is -0.753. The molecule has 0 saturated heterocycles. The Hall–Kier alpha value is -0.780. The summed E-state index contributed by atoms with van der Waals surface area (Å²) < 4.78 is 36.5. The van der Waals surface area contributed by atoms with E-state index in [-0.39, 0.29) is 10.2 Å². The monoisotopic (exact) mass is 240 g/mol.